The van der Waals surface area contributed by atoms with Crippen LogP contribution in [0, 0.1) is 5.92 Å². The number of hydrogen-bond acceptors (Lipinski definition) is 8. The van der Waals surface area contributed by atoms with Crippen molar-refractivity contribution in [1.29, 1.82) is 0 Å². The van der Waals surface area contributed by atoms with Gasteiger partial charge in [0.2, 0.25) is 11.8 Å². The molecule has 3 amide bonds. The van der Waals surface area contributed by atoms with Crippen molar-refractivity contribution in [2.24, 2.45) is 5.92 Å². The Morgan fingerprint density at radius 2 is 1.38 bits per heavy atom. The molecule has 12 nitrogen and oxygen atoms in total. The number of amides is 3. The van der Waals surface area contributed by atoms with Crippen molar-refractivity contribution in [3.8, 4) is 0 Å². The number of benzene rings is 5. The van der Waals surface area contributed by atoms with E-state index in [1.165, 1.54) is 0 Å². The predicted molar refractivity (Wildman–Crippen MR) is 247 cm³/mol. The summed E-state index contributed by atoms with van der Waals surface area (Å²) < 4.78 is 9.00. The molecule has 10 rings (SSSR count). The van der Waals surface area contributed by atoms with Gasteiger partial charge in [-0.25, -0.2) is 0 Å². The maximum Gasteiger partial charge on any atom is 0.264 e. The van der Waals surface area contributed by atoms with Gasteiger partial charge < -0.3 is 19.5 Å². The average Bonchev–Trinajstić information content (AvgIpc) is 3.96. The lowest BCUT2D eigenvalue weighted by atomic mass is 9.82. The van der Waals surface area contributed by atoms with E-state index in [1.54, 1.807) is 19.4 Å². The number of rotatable bonds is 11. The molecule has 0 bridgehead atoms. The van der Waals surface area contributed by atoms with Crippen molar-refractivity contribution in [3.63, 3.8) is 0 Å². The van der Waals surface area contributed by atoms with Crippen LogP contribution in [0.4, 0.5) is 28.4 Å². The number of aliphatic hydroxyl groups is 1. The molecule has 6 aromatic rings. The fraction of sp³-hybridized carbons (Fsp3) is 0.314. The van der Waals surface area contributed by atoms with Crippen LogP contribution in [-0.2, 0) is 50.7 Å². The van der Waals surface area contributed by atoms with E-state index in [0.717, 1.165) is 39.3 Å². The van der Waals surface area contributed by atoms with Gasteiger partial charge in [0.15, 0.2) is 13.9 Å². The number of carbonyl (C=O) groups excluding carboxylic acids is 3. The molecular formula is C51H52N6O6Si. The van der Waals surface area contributed by atoms with Gasteiger partial charge >= 0.3 is 0 Å². The number of nitrogens with zero attached hydrogens (tertiary/aromatic N) is 6. The summed E-state index contributed by atoms with van der Waals surface area (Å²) in [6.45, 7) is 6.38. The fourth-order valence-corrected chi connectivity index (χ4v) is 13.5. The lowest BCUT2D eigenvalue weighted by Gasteiger charge is -2.33. The minimum atomic E-state index is -3.02. The monoisotopic (exact) mass is 872 g/mol. The molecule has 2 N–H and O–H groups in total. The largest absolute Gasteiger partial charge is 0.432 e. The van der Waals surface area contributed by atoms with Crippen LogP contribution < -0.4 is 14.7 Å². The second kappa shape index (κ2) is 16.4. The smallest absolute Gasteiger partial charge is 0.264 e. The molecule has 5 atom stereocenters. The number of carbonyl (C=O) groups is 3. The highest BCUT2D eigenvalue weighted by molar-refractivity contribution is 6.71. The second-order valence-corrected chi connectivity index (χ2v) is 22.1. The minimum Gasteiger partial charge on any atom is -0.432 e. The van der Waals surface area contributed by atoms with Crippen LogP contribution in [0.5, 0.6) is 0 Å². The molecule has 4 aliphatic rings. The predicted octanol–water partition coefficient (Wildman–Crippen LogP) is 8.06. The Bertz CT molecular complexity index is 2750. The number of aromatic nitrogens is 3. The van der Waals surface area contributed by atoms with Gasteiger partial charge in [0.1, 0.15) is 0 Å². The maximum atomic E-state index is 15.5. The van der Waals surface area contributed by atoms with Crippen LogP contribution >= 0.6 is 0 Å². The molecule has 1 unspecified atom stereocenters. The standard InChI is InChI=1S/C51H52N6O6Si/c1-33-49(64(2,3)62)46(27-28-54-31-42(52-53-54)40(32-58)35-11-5-4-6-12-35)63-51(33)41-29-39(57-44-16-10-8-14-37(44)20-26-48(57)60)23-24-45(41)55(50(51)61)30-34-17-21-38(22-18-34)56-43-15-9-7-13-36(43)19-25-47(56)59/h4-18,21-24,29,31,33,40,46,49,58,62H,19-20,25-28,30,32H2,1-3H3/t33-,40?,46+,49-,51+/m1/s1. The zero-order valence-corrected chi connectivity index (χ0v) is 37.3. The molecule has 0 saturated carbocycles. The molecule has 13 heteroatoms. The molecule has 64 heavy (non-hydrogen) atoms. The van der Waals surface area contributed by atoms with Gasteiger partial charge in [0, 0.05) is 54.0 Å². The van der Waals surface area contributed by atoms with Crippen LogP contribution in [0.25, 0.3) is 0 Å². The minimum absolute atomic E-state index is 0.0216. The molecule has 5 heterocycles. The van der Waals surface area contributed by atoms with Crippen molar-refractivity contribution in [1.82, 2.24) is 15.0 Å². The summed E-state index contributed by atoms with van der Waals surface area (Å²) in [5.74, 6) is -0.962. The molecule has 1 spiro atoms. The Kier molecular flexibility index (Phi) is 10.7. The van der Waals surface area contributed by atoms with Gasteiger partial charge in [-0.05, 0) is 97.1 Å². The third-order valence-electron chi connectivity index (χ3n) is 13.9. The molecule has 1 aromatic heterocycles. The Morgan fingerprint density at radius 3 is 2.02 bits per heavy atom. The Hall–Kier alpha value is -6.25. The topological polar surface area (TPSA) is 141 Å². The van der Waals surface area contributed by atoms with Crippen molar-refractivity contribution < 1.29 is 29.0 Å². The SMILES string of the molecule is C[C@@H]1[C@@H]([Si](C)(C)O)[C@H](CCn2cc(C(CO)c3ccccc3)nn2)O[C@@]12C(=O)N(Cc1ccc(N3C(=O)CCc4ccccc43)cc1)c1ccc(N3C(=O)CCc4ccccc43)cc12. The van der Waals surface area contributed by atoms with Gasteiger partial charge in [-0.2, -0.15) is 0 Å². The zero-order chi connectivity index (χ0) is 44.3. The Labute approximate surface area is 373 Å². The maximum absolute atomic E-state index is 15.5. The molecule has 4 aliphatic heterocycles. The Balaban J connectivity index is 1.00. The first kappa shape index (κ1) is 41.7. The summed E-state index contributed by atoms with van der Waals surface area (Å²) in [4.78, 5) is 60.0. The van der Waals surface area contributed by atoms with E-state index in [1.807, 2.05) is 135 Å². The van der Waals surface area contributed by atoms with E-state index >= 15 is 4.79 Å². The van der Waals surface area contributed by atoms with E-state index in [9.17, 15) is 19.5 Å². The summed E-state index contributed by atoms with van der Waals surface area (Å²) in [6.07, 6.45) is 3.95. The van der Waals surface area contributed by atoms with Crippen LogP contribution in [0.2, 0.25) is 18.6 Å². The Morgan fingerprint density at radius 1 is 0.766 bits per heavy atom. The molecule has 0 radical (unpaired) electrons. The lowest BCUT2D eigenvalue weighted by Crippen LogP contribution is -2.46. The number of para-hydroxylation sites is 2. The van der Waals surface area contributed by atoms with E-state index in [0.29, 0.717) is 61.3 Å². The highest BCUT2D eigenvalue weighted by Crippen LogP contribution is 2.60. The summed E-state index contributed by atoms with van der Waals surface area (Å²) >= 11 is 0. The van der Waals surface area contributed by atoms with E-state index < -0.39 is 25.9 Å². The van der Waals surface area contributed by atoms with Crippen LogP contribution in [-0.4, -0.2) is 63.6 Å². The van der Waals surface area contributed by atoms with Crippen molar-refractivity contribution >= 4 is 54.5 Å². The van der Waals surface area contributed by atoms with Gasteiger partial charge in [-0.3, -0.25) is 28.9 Å². The summed E-state index contributed by atoms with van der Waals surface area (Å²) in [6, 6.07) is 39.3. The first-order valence-corrected chi connectivity index (χ1v) is 25.3. The highest BCUT2D eigenvalue weighted by atomic mass is 28.4. The van der Waals surface area contributed by atoms with Crippen LogP contribution in [0.15, 0.2) is 128 Å². The lowest BCUT2D eigenvalue weighted by molar-refractivity contribution is -0.146. The third-order valence-corrected chi connectivity index (χ3v) is 16.4. The molecular weight excluding hydrogens is 821 g/mol. The number of ether oxygens (including phenoxy) is 1. The normalized spacial score (nSPS) is 22.2. The van der Waals surface area contributed by atoms with Gasteiger partial charge in [0.25, 0.3) is 5.91 Å². The molecule has 1 saturated heterocycles. The number of hydrogen-bond donors (Lipinski definition) is 2. The van der Waals surface area contributed by atoms with Crippen molar-refractivity contribution in [2.45, 2.75) is 88.4 Å². The summed E-state index contributed by atoms with van der Waals surface area (Å²) in [5, 5.41) is 19.2. The number of anilines is 5. The second-order valence-electron chi connectivity index (χ2n) is 18.2. The summed E-state index contributed by atoms with van der Waals surface area (Å²) in [5.41, 5.74) is 7.37. The van der Waals surface area contributed by atoms with E-state index in [4.69, 9.17) is 4.74 Å². The molecule has 1 fully saturated rings. The van der Waals surface area contributed by atoms with Crippen LogP contribution in [0.1, 0.15) is 65.6 Å². The molecule has 0 aliphatic carbocycles. The van der Waals surface area contributed by atoms with E-state index in [2.05, 4.69) is 22.4 Å². The summed E-state index contributed by atoms with van der Waals surface area (Å²) in [7, 11) is -3.02. The number of fused-ring (bicyclic) bond motifs is 4. The first-order valence-electron chi connectivity index (χ1n) is 22.3. The van der Waals surface area contributed by atoms with Crippen molar-refractivity contribution in [2.75, 3.05) is 21.3 Å². The zero-order valence-electron chi connectivity index (χ0n) is 36.3. The highest BCUT2D eigenvalue weighted by Gasteiger charge is 2.66. The first-order chi connectivity index (χ1) is 31.0. The number of aryl methyl sites for hydroxylation is 3. The molecule has 326 valence electrons. The van der Waals surface area contributed by atoms with Gasteiger partial charge in [-0.1, -0.05) is 91.0 Å². The van der Waals surface area contributed by atoms with Crippen molar-refractivity contribution in [3.05, 3.63) is 161 Å². The van der Waals surface area contributed by atoms with E-state index in [-0.39, 0.29) is 42.3 Å². The fourth-order valence-electron chi connectivity index (χ4n) is 10.9. The quantitative estimate of drug-likeness (QED) is 0.125. The number of aliphatic hydroxyl groups excluding tert-OH is 1. The van der Waals surface area contributed by atoms with Crippen LogP contribution in [0.3, 0.4) is 0 Å². The average molecular weight is 873 g/mol. The molecule has 5 aromatic carbocycles. The van der Waals surface area contributed by atoms with Gasteiger partial charge in [0.05, 0.1) is 47.9 Å². The van der Waals surface area contributed by atoms with Gasteiger partial charge in [-0.15, -0.1) is 5.10 Å². The third kappa shape index (κ3) is 7.07.